The summed E-state index contributed by atoms with van der Waals surface area (Å²) in [7, 11) is 3.27. The fourth-order valence-electron chi connectivity index (χ4n) is 3.99. The number of hydrogen-bond donors (Lipinski definition) is 1. The summed E-state index contributed by atoms with van der Waals surface area (Å²) in [6, 6.07) is 14.4. The molecule has 2 heterocycles. The summed E-state index contributed by atoms with van der Waals surface area (Å²) in [5.74, 6) is 2.26. The van der Waals surface area contributed by atoms with Crippen LogP contribution in [0.15, 0.2) is 48.8 Å². The minimum atomic E-state index is 0.665. The van der Waals surface area contributed by atoms with Crippen molar-refractivity contribution in [3.05, 3.63) is 54.4 Å². The highest BCUT2D eigenvalue weighted by molar-refractivity contribution is 7.80. The molecule has 0 bridgehead atoms. The normalized spacial score (nSPS) is 13.8. The van der Waals surface area contributed by atoms with Gasteiger partial charge >= 0.3 is 0 Å². The SMILES string of the molecule is COc1cc2ncnc(N3CCN(C(=S)NCCCc4ccccc4)CC3)c2cc1OC. The highest BCUT2D eigenvalue weighted by Crippen LogP contribution is 2.34. The van der Waals surface area contributed by atoms with Crippen LogP contribution in [0.1, 0.15) is 12.0 Å². The van der Waals surface area contributed by atoms with Gasteiger partial charge in [-0.05, 0) is 36.7 Å². The first-order valence-electron chi connectivity index (χ1n) is 10.9. The number of thiocarbonyl (C=S) groups is 1. The van der Waals surface area contributed by atoms with Crippen LogP contribution in [0.25, 0.3) is 10.9 Å². The number of fused-ring (bicyclic) bond motifs is 1. The zero-order chi connectivity index (χ0) is 22.3. The van der Waals surface area contributed by atoms with E-state index in [1.54, 1.807) is 20.5 Å². The second kappa shape index (κ2) is 10.5. The van der Waals surface area contributed by atoms with Gasteiger partial charge in [-0.3, -0.25) is 0 Å². The zero-order valence-corrected chi connectivity index (χ0v) is 19.4. The smallest absolute Gasteiger partial charge is 0.169 e. The Morgan fingerprint density at radius 3 is 2.44 bits per heavy atom. The molecular weight excluding hydrogens is 422 g/mol. The average Bonchev–Trinajstić information content (AvgIpc) is 2.86. The largest absolute Gasteiger partial charge is 0.493 e. The third-order valence-electron chi connectivity index (χ3n) is 5.75. The fraction of sp³-hybridized carbons (Fsp3) is 0.375. The zero-order valence-electron chi connectivity index (χ0n) is 18.6. The Bertz CT molecular complexity index is 1050. The van der Waals surface area contributed by atoms with Gasteiger partial charge in [-0.15, -0.1) is 0 Å². The van der Waals surface area contributed by atoms with Crippen molar-refractivity contribution in [3.8, 4) is 11.5 Å². The van der Waals surface area contributed by atoms with E-state index < -0.39 is 0 Å². The third kappa shape index (κ3) is 5.02. The lowest BCUT2D eigenvalue weighted by Crippen LogP contribution is -2.52. The molecule has 0 amide bonds. The van der Waals surface area contributed by atoms with E-state index in [2.05, 4.69) is 49.4 Å². The van der Waals surface area contributed by atoms with E-state index in [9.17, 15) is 0 Å². The van der Waals surface area contributed by atoms with Gasteiger partial charge in [0.25, 0.3) is 0 Å². The number of methoxy groups -OCH3 is 2. The van der Waals surface area contributed by atoms with E-state index in [4.69, 9.17) is 21.7 Å². The molecule has 1 aliphatic rings. The van der Waals surface area contributed by atoms with Crippen molar-refractivity contribution >= 4 is 34.1 Å². The Morgan fingerprint density at radius 2 is 1.72 bits per heavy atom. The summed E-state index contributed by atoms with van der Waals surface area (Å²) in [4.78, 5) is 13.5. The van der Waals surface area contributed by atoms with E-state index >= 15 is 0 Å². The topological polar surface area (TPSA) is 62.8 Å². The molecule has 0 spiro atoms. The number of aryl methyl sites for hydroxylation is 1. The highest BCUT2D eigenvalue weighted by atomic mass is 32.1. The predicted molar refractivity (Wildman–Crippen MR) is 132 cm³/mol. The molecule has 1 fully saturated rings. The molecule has 0 aliphatic carbocycles. The summed E-state index contributed by atoms with van der Waals surface area (Å²) in [6.07, 6.45) is 3.72. The van der Waals surface area contributed by atoms with Gasteiger partial charge in [-0.25, -0.2) is 9.97 Å². The third-order valence-corrected chi connectivity index (χ3v) is 6.15. The fourth-order valence-corrected chi connectivity index (χ4v) is 4.27. The molecule has 0 radical (unpaired) electrons. The maximum atomic E-state index is 5.64. The first kappa shape index (κ1) is 22.1. The van der Waals surface area contributed by atoms with Crippen LogP contribution < -0.4 is 19.7 Å². The second-order valence-electron chi connectivity index (χ2n) is 7.72. The lowest BCUT2D eigenvalue weighted by Gasteiger charge is -2.37. The van der Waals surface area contributed by atoms with Crippen molar-refractivity contribution in [2.75, 3.05) is 51.8 Å². The maximum Gasteiger partial charge on any atom is 0.169 e. The number of nitrogens with one attached hydrogen (secondary N) is 1. The Balaban J connectivity index is 1.33. The highest BCUT2D eigenvalue weighted by Gasteiger charge is 2.22. The number of hydrogen-bond acceptors (Lipinski definition) is 6. The molecule has 1 aliphatic heterocycles. The van der Waals surface area contributed by atoms with Crippen LogP contribution in [0.3, 0.4) is 0 Å². The molecule has 4 rings (SSSR count). The molecule has 0 saturated carbocycles. The van der Waals surface area contributed by atoms with Crippen LogP contribution in [0.4, 0.5) is 5.82 Å². The molecule has 1 aromatic heterocycles. The van der Waals surface area contributed by atoms with E-state index in [0.29, 0.717) is 11.5 Å². The molecule has 168 valence electrons. The van der Waals surface area contributed by atoms with Crippen molar-refractivity contribution < 1.29 is 9.47 Å². The molecular formula is C24H29N5O2S. The van der Waals surface area contributed by atoms with Crippen molar-refractivity contribution in [1.29, 1.82) is 0 Å². The Hall–Kier alpha value is -3.13. The van der Waals surface area contributed by atoms with Crippen LogP contribution in [0.2, 0.25) is 0 Å². The van der Waals surface area contributed by atoms with Gasteiger partial charge in [0.1, 0.15) is 12.1 Å². The molecule has 2 aromatic carbocycles. The Kier molecular flexibility index (Phi) is 7.21. The van der Waals surface area contributed by atoms with Crippen molar-refractivity contribution in [2.24, 2.45) is 0 Å². The van der Waals surface area contributed by atoms with Gasteiger partial charge in [-0.1, -0.05) is 30.3 Å². The Labute approximate surface area is 194 Å². The van der Waals surface area contributed by atoms with Crippen LogP contribution in [0, 0.1) is 0 Å². The molecule has 32 heavy (non-hydrogen) atoms. The van der Waals surface area contributed by atoms with Crippen LogP contribution >= 0.6 is 12.2 Å². The second-order valence-corrected chi connectivity index (χ2v) is 8.10. The summed E-state index contributed by atoms with van der Waals surface area (Å²) in [5, 5.41) is 5.21. The molecule has 7 nitrogen and oxygen atoms in total. The van der Waals surface area contributed by atoms with E-state index in [-0.39, 0.29) is 0 Å². The van der Waals surface area contributed by atoms with Crippen molar-refractivity contribution in [1.82, 2.24) is 20.2 Å². The van der Waals surface area contributed by atoms with Crippen LogP contribution in [-0.2, 0) is 6.42 Å². The number of anilines is 1. The quantitative estimate of drug-likeness (QED) is 0.434. The van der Waals surface area contributed by atoms with E-state index in [0.717, 1.165) is 67.4 Å². The van der Waals surface area contributed by atoms with Gasteiger partial charge in [-0.2, -0.15) is 0 Å². The first-order valence-corrected chi connectivity index (χ1v) is 11.3. The summed E-state index contributed by atoms with van der Waals surface area (Å²) < 4.78 is 10.9. The van der Waals surface area contributed by atoms with E-state index in [1.165, 1.54) is 5.56 Å². The van der Waals surface area contributed by atoms with Crippen molar-refractivity contribution in [2.45, 2.75) is 12.8 Å². The number of rotatable bonds is 7. The maximum absolute atomic E-state index is 5.64. The van der Waals surface area contributed by atoms with Crippen LogP contribution in [0.5, 0.6) is 11.5 Å². The molecule has 0 atom stereocenters. The Morgan fingerprint density at radius 1 is 1.00 bits per heavy atom. The molecule has 8 heteroatoms. The summed E-state index contributed by atoms with van der Waals surface area (Å²) >= 11 is 5.64. The van der Waals surface area contributed by atoms with Gasteiger partial charge in [0, 0.05) is 44.2 Å². The number of benzene rings is 2. The number of nitrogens with zero attached hydrogens (tertiary/aromatic N) is 4. The lowest BCUT2D eigenvalue weighted by atomic mass is 10.1. The number of piperazine rings is 1. The monoisotopic (exact) mass is 451 g/mol. The van der Waals surface area contributed by atoms with Gasteiger partial charge in [0.2, 0.25) is 0 Å². The first-order chi connectivity index (χ1) is 15.7. The minimum absolute atomic E-state index is 0.665. The number of aromatic nitrogens is 2. The predicted octanol–water partition coefficient (Wildman–Crippen LogP) is 3.28. The molecule has 3 aromatic rings. The van der Waals surface area contributed by atoms with Gasteiger partial charge in [0.05, 0.1) is 19.7 Å². The number of ether oxygens (including phenoxy) is 2. The lowest BCUT2D eigenvalue weighted by molar-refractivity contribution is 0.355. The molecule has 1 N–H and O–H groups in total. The standard InChI is InChI=1S/C24H29N5O2S/c1-30-21-15-19-20(16-22(21)31-2)26-17-27-23(19)28-11-13-29(14-12-28)24(32)25-10-6-9-18-7-4-3-5-8-18/h3-5,7-8,15-17H,6,9-14H2,1-2H3,(H,25,32). The summed E-state index contributed by atoms with van der Waals surface area (Å²) in [6.45, 7) is 4.26. The van der Waals surface area contributed by atoms with E-state index in [1.807, 2.05) is 18.2 Å². The minimum Gasteiger partial charge on any atom is -0.493 e. The van der Waals surface area contributed by atoms with Gasteiger partial charge in [0.15, 0.2) is 16.6 Å². The van der Waals surface area contributed by atoms with Crippen molar-refractivity contribution in [3.63, 3.8) is 0 Å². The molecule has 1 saturated heterocycles. The molecule has 0 unspecified atom stereocenters. The average molecular weight is 452 g/mol. The summed E-state index contributed by atoms with van der Waals surface area (Å²) in [5.41, 5.74) is 2.20. The van der Waals surface area contributed by atoms with Gasteiger partial charge < -0.3 is 24.6 Å². The van der Waals surface area contributed by atoms with Crippen LogP contribution in [-0.4, -0.2) is 66.9 Å².